The maximum Gasteiger partial charge on any atom is 0.233 e. The summed E-state index contributed by atoms with van der Waals surface area (Å²) >= 11 is 0. The van der Waals surface area contributed by atoms with Crippen LogP contribution in [0.25, 0.3) is 12.2 Å². The van der Waals surface area contributed by atoms with E-state index in [1.54, 1.807) is 12.2 Å². The van der Waals surface area contributed by atoms with Crippen molar-refractivity contribution < 1.29 is 19.4 Å². The summed E-state index contributed by atoms with van der Waals surface area (Å²) in [5, 5.41) is 0. The van der Waals surface area contributed by atoms with Gasteiger partial charge in [0, 0.05) is 36.9 Å². The van der Waals surface area contributed by atoms with Crippen LogP contribution in [0, 0.1) is 5.92 Å². The largest absolute Gasteiger partial charge is 0.344 e. The van der Waals surface area contributed by atoms with Gasteiger partial charge in [-0.15, -0.1) is 0 Å². The third-order valence-corrected chi connectivity index (χ3v) is 6.34. The van der Waals surface area contributed by atoms with Gasteiger partial charge in [0.05, 0.1) is 12.7 Å². The zero-order chi connectivity index (χ0) is 23.8. The first kappa shape index (κ1) is 21.7. The van der Waals surface area contributed by atoms with Crippen molar-refractivity contribution in [3.05, 3.63) is 107 Å². The molecule has 0 amide bonds. The monoisotopic (exact) mass is 452 g/mol. The number of carbonyl (C=O) groups is 2. The molecule has 5 rings (SSSR count). The highest BCUT2D eigenvalue weighted by atomic mass is 17.2. The third kappa shape index (κ3) is 3.58. The zero-order valence-corrected chi connectivity index (χ0v) is 19.2. The lowest BCUT2D eigenvalue weighted by Gasteiger charge is -2.27. The third-order valence-electron chi connectivity index (χ3n) is 6.34. The number of rotatable bonds is 4. The Kier molecular flexibility index (Phi) is 5.51. The van der Waals surface area contributed by atoms with E-state index in [1.807, 2.05) is 96.7 Å². The van der Waals surface area contributed by atoms with Gasteiger partial charge in [0.1, 0.15) is 5.92 Å². The molecule has 0 aromatic heterocycles. The summed E-state index contributed by atoms with van der Waals surface area (Å²) < 4.78 is 0. The van der Waals surface area contributed by atoms with Crippen LogP contribution < -0.4 is 9.80 Å². The van der Waals surface area contributed by atoms with E-state index in [2.05, 4.69) is 0 Å². The normalized spacial score (nSPS) is 21.6. The van der Waals surface area contributed by atoms with E-state index in [1.165, 1.54) is 7.11 Å². The molecule has 2 aromatic carbocycles. The summed E-state index contributed by atoms with van der Waals surface area (Å²) in [6.07, 6.45) is 11.3. The van der Waals surface area contributed by atoms with Crippen molar-refractivity contribution in [3.8, 4) is 0 Å². The fraction of sp³-hybridized carbons (Fsp3) is 0.143. The Hall–Kier alpha value is -4.16. The molecule has 0 saturated heterocycles. The number of nitrogens with zero attached hydrogens (tertiary/aromatic N) is 2. The lowest BCUT2D eigenvalue weighted by molar-refractivity contribution is -0.241. The Bertz CT molecular complexity index is 1350. The van der Waals surface area contributed by atoms with Crippen molar-refractivity contribution in [2.45, 2.75) is 0 Å². The zero-order valence-electron chi connectivity index (χ0n) is 19.2. The van der Waals surface area contributed by atoms with Crippen LogP contribution >= 0.6 is 0 Å². The van der Waals surface area contributed by atoms with Gasteiger partial charge in [-0.3, -0.25) is 9.59 Å². The molecule has 2 heterocycles. The Morgan fingerprint density at radius 2 is 1.35 bits per heavy atom. The number of ketones is 2. The van der Waals surface area contributed by atoms with Crippen molar-refractivity contribution >= 4 is 35.1 Å². The maximum atomic E-state index is 13.1. The maximum absolute atomic E-state index is 13.1. The van der Waals surface area contributed by atoms with E-state index in [4.69, 9.17) is 9.78 Å². The number of Topliss-reactive ketones (excluding diaryl/α,β-unsaturated/α-hetero) is 2. The smallest absolute Gasteiger partial charge is 0.233 e. The molecule has 2 aromatic rings. The predicted molar refractivity (Wildman–Crippen MR) is 133 cm³/mol. The molecule has 1 aliphatic carbocycles. The van der Waals surface area contributed by atoms with Gasteiger partial charge in [-0.25, -0.2) is 0 Å². The van der Waals surface area contributed by atoms with Crippen molar-refractivity contribution in [2.24, 2.45) is 5.92 Å². The average molecular weight is 453 g/mol. The first-order valence-corrected chi connectivity index (χ1v) is 11.0. The second-order valence-corrected chi connectivity index (χ2v) is 8.26. The van der Waals surface area contributed by atoms with Crippen LogP contribution in [0.4, 0.5) is 11.4 Å². The van der Waals surface area contributed by atoms with Crippen molar-refractivity contribution in [1.29, 1.82) is 0 Å². The number of carbonyl (C=O) groups excluding carboxylic acids is 2. The van der Waals surface area contributed by atoms with Gasteiger partial charge in [-0.2, -0.15) is 4.89 Å². The van der Waals surface area contributed by atoms with Gasteiger partial charge < -0.3 is 14.7 Å². The van der Waals surface area contributed by atoms with Crippen LogP contribution in [-0.4, -0.2) is 32.8 Å². The quantitative estimate of drug-likeness (QED) is 0.381. The molecule has 6 nitrogen and oxygen atoms in total. The SMILES string of the molecule is COOC1=C(/C=C2\C=Cc3ccccc3N2C)C(=O)C(=O)C1/C=C1\C=Cc2ccccc2N1C. The van der Waals surface area contributed by atoms with E-state index in [0.29, 0.717) is 0 Å². The van der Waals surface area contributed by atoms with Crippen molar-refractivity contribution in [1.82, 2.24) is 0 Å². The molecule has 2 aliphatic heterocycles. The topological polar surface area (TPSA) is 59.1 Å². The molecule has 1 atom stereocenters. The second kappa shape index (κ2) is 8.65. The number of benzene rings is 2. The second-order valence-electron chi connectivity index (χ2n) is 8.26. The summed E-state index contributed by atoms with van der Waals surface area (Å²) in [6.45, 7) is 0. The van der Waals surface area contributed by atoms with E-state index >= 15 is 0 Å². The predicted octanol–water partition coefficient (Wildman–Crippen LogP) is 4.68. The minimum absolute atomic E-state index is 0.193. The van der Waals surface area contributed by atoms with Gasteiger partial charge in [0.2, 0.25) is 11.6 Å². The first-order chi connectivity index (χ1) is 16.5. The highest BCUT2D eigenvalue weighted by molar-refractivity contribution is 6.48. The number of hydrogen-bond donors (Lipinski definition) is 0. The summed E-state index contributed by atoms with van der Waals surface area (Å²) in [5.74, 6) is -1.82. The molecule has 0 saturated carbocycles. The van der Waals surface area contributed by atoms with Crippen LogP contribution in [0.15, 0.2) is 95.6 Å². The molecule has 170 valence electrons. The van der Waals surface area contributed by atoms with E-state index in [9.17, 15) is 9.59 Å². The first-order valence-electron chi connectivity index (χ1n) is 11.0. The molecule has 0 radical (unpaired) electrons. The van der Waals surface area contributed by atoms with E-state index in [-0.39, 0.29) is 11.3 Å². The van der Waals surface area contributed by atoms with Gasteiger partial charge in [0.15, 0.2) is 5.76 Å². The summed E-state index contributed by atoms with van der Waals surface area (Å²) in [5.41, 5.74) is 5.94. The molecule has 0 spiro atoms. The Labute approximate surface area is 198 Å². The van der Waals surface area contributed by atoms with E-state index in [0.717, 1.165) is 33.9 Å². The standard InChI is InChI=1S/C28H24N2O4/c1-29-20(14-12-18-8-4-6-10-24(18)29)16-22-26(31)27(32)23(28(22)34-33-3)17-21-15-13-19-9-5-7-11-25(19)30(21)2/h4-17,22H,1-3H3/b20-16+,21-17+. The number of likely N-dealkylation sites (N-methyl/N-ethyl adjacent to an activating group) is 2. The van der Waals surface area contributed by atoms with Gasteiger partial charge in [-0.1, -0.05) is 48.6 Å². The van der Waals surface area contributed by atoms with Crippen LogP contribution in [0.1, 0.15) is 11.1 Å². The Balaban J connectivity index is 1.55. The number of allylic oxidation sites excluding steroid dienone is 5. The molecular formula is C28H24N2O4. The molecule has 0 fully saturated rings. The number of para-hydroxylation sites is 2. The molecule has 0 bridgehead atoms. The molecule has 3 aliphatic rings. The van der Waals surface area contributed by atoms with E-state index < -0.39 is 17.5 Å². The summed E-state index contributed by atoms with van der Waals surface area (Å²) in [4.78, 5) is 40.5. The highest BCUT2D eigenvalue weighted by Gasteiger charge is 2.42. The molecule has 1 unspecified atom stereocenters. The minimum atomic E-state index is -0.878. The lowest BCUT2D eigenvalue weighted by Crippen LogP contribution is -2.22. The Morgan fingerprint density at radius 1 is 0.794 bits per heavy atom. The van der Waals surface area contributed by atoms with Crippen LogP contribution in [0.2, 0.25) is 0 Å². The summed E-state index contributed by atoms with van der Waals surface area (Å²) in [6, 6.07) is 15.9. The van der Waals surface area contributed by atoms with Gasteiger partial charge >= 0.3 is 0 Å². The van der Waals surface area contributed by atoms with Crippen molar-refractivity contribution in [2.75, 3.05) is 31.0 Å². The van der Waals surface area contributed by atoms with Crippen LogP contribution in [0.5, 0.6) is 0 Å². The Morgan fingerprint density at radius 3 is 1.97 bits per heavy atom. The molecule has 6 heteroatoms. The number of fused-ring (bicyclic) bond motifs is 2. The summed E-state index contributed by atoms with van der Waals surface area (Å²) in [7, 11) is 5.21. The average Bonchev–Trinajstić information content (AvgIpc) is 3.07. The van der Waals surface area contributed by atoms with Crippen molar-refractivity contribution in [3.63, 3.8) is 0 Å². The van der Waals surface area contributed by atoms with Gasteiger partial charge in [-0.05, 0) is 47.6 Å². The number of anilines is 2. The molecular weight excluding hydrogens is 428 g/mol. The fourth-order valence-electron chi connectivity index (χ4n) is 4.50. The van der Waals surface area contributed by atoms with Crippen LogP contribution in [0.3, 0.4) is 0 Å². The highest BCUT2D eigenvalue weighted by Crippen LogP contribution is 2.36. The molecule has 0 N–H and O–H groups in total. The van der Waals surface area contributed by atoms with Crippen LogP contribution in [-0.2, 0) is 19.4 Å². The van der Waals surface area contributed by atoms with Gasteiger partial charge in [0.25, 0.3) is 0 Å². The lowest BCUT2D eigenvalue weighted by atomic mass is 10.0. The fourth-order valence-corrected chi connectivity index (χ4v) is 4.50. The molecule has 34 heavy (non-hydrogen) atoms. The number of hydrogen-bond acceptors (Lipinski definition) is 6. The minimum Gasteiger partial charge on any atom is -0.344 e.